The summed E-state index contributed by atoms with van der Waals surface area (Å²) in [5.41, 5.74) is 2.13. The van der Waals surface area contributed by atoms with Gasteiger partial charge in [-0.1, -0.05) is 48.0 Å². The molecule has 0 radical (unpaired) electrons. The largest absolute Gasteiger partial charge is 0.507 e. The highest BCUT2D eigenvalue weighted by atomic mass is 16.5. The number of aryl methyl sites for hydroxylation is 1. The van der Waals surface area contributed by atoms with Crippen LogP contribution < -0.4 is 4.74 Å². The number of likely N-dealkylation sites (tertiary alicyclic amines) is 1. The third-order valence-electron chi connectivity index (χ3n) is 5.20. The van der Waals surface area contributed by atoms with E-state index in [1.165, 1.54) is 18.3 Å². The highest BCUT2D eigenvalue weighted by Crippen LogP contribution is 2.43. The van der Waals surface area contributed by atoms with Gasteiger partial charge in [0.15, 0.2) is 0 Å². The number of carbonyl (C=O) groups excluding carboxylic acids is 2. The molecule has 6 nitrogen and oxygen atoms in total. The van der Waals surface area contributed by atoms with Crippen molar-refractivity contribution in [3.63, 3.8) is 0 Å². The lowest BCUT2D eigenvalue weighted by Gasteiger charge is -2.25. The minimum atomic E-state index is -0.812. The first kappa shape index (κ1) is 19.5. The molecule has 0 aliphatic carbocycles. The molecular formula is C24H21NO5. The Hall–Kier alpha value is -3.80. The molecule has 6 heteroatoms. The van der Waals surface area contributed by atoms with Crippen molar-refractivity contribution in [1.29, 1.82) is 0 Å². The second kappa shape index (κ2) is 7.91. The van der Waals surface area contributed by atoms with Gasteiger partial charge in [-0.05, 0) is 25.1 Å². The molecule has 3 aromatic rings. The Labute approximate surface area is 174 Å². The third-order valence-corrected chi connectivity index (χ3v) is 5.20. The Morgan fingerprint density at radius 3 is 2.47 bits per heavy atom. The van der Waals surface area contributed by atoms with Gasteiger partial charge in [-0.3, -0.25) is 9.59 Å². The van der Waals surface area contributed by atoms with Crippen LogP contribution in [0.4, 0.5) is 0 Å². The van der Waals surface area contributed by atoms with Crippen molar-refractivity contribution in [2.45, 2.75) is 19.5 Å². The highest BCUT2D eigenvalue weighted by molar-refractivity contribution is 6.46. The van der Waals surface area contributed by atoms with Crippen LogP contribution in [0.1, 0.15) is 28.5 Å². The van der Waals surface area contributed by atoms with Crippen molar-refractivity contribution in [3.05, 3.63) is 95.0 Å². The molecule has 1 atom stereocenters. The summed E-state index contributed by atoms with van der Waals surface area (Å²) in [5, 5.41) is 11.1. The summed E-state index contributed by atoms with van der Waals surface area (Å²) in [6.45, 7) is 2.02. The number of benzene rings is 2. The van der Waals surface area contributed by atoms with Gasteiger partial charge < -0.3 is 19.2 Å². The lowest BCUT2D eigenvalue weighted by atomic mass is 9.94. The Morgan fingerprint density at radius 2 is 1.80 bits per heavy atom. The lowest BCUT2D eigenvalue weighted by Crippen LogP contribution is -2.29. The Kier molecular flexibility index (Phi) is 5.14. The maximum atomic E-state index is 13.0. The van der Waals surface area contributed by atoms with Gasteiger partial charge in [0.2, 0.25) is 0 Å². The average Bonchev–Trinajstić information content (AvgIpc) is 3.36. The molecule has 1 fully saturated rings. The maximum absolute atomic E-state index is 13.0. The molecular weight excluding hydrogens is 382 g/mol. The van der Waals surface area contributed by atoms with Crippen LogP contribution in [-0.4, -0.2) is 28.8 Å². The summed E-state index contributed by atoms with van der Waals surface area (Å²) >= 11 is 0. The van der Waals surface area contributed by atoms with Gasteiger partial charge >= 0.3 is 0 Å². The molecule has 0 spiro atoms. The SMILES string of the molecule is COc1ccccc1[C@H]1C(=C(O)c2ccc(C)cc2)C(=O)C(=O)N1Cc1ccco1. The number of nitrogens with zero attached hydrogens (tertiary/aromatic N) is 1. The predicted molar refractivity (Wildman–Crippen MR) is 111 cm³/mol. The maximum Gasteiger partial charge on any atom is 0.296 e. The molecule has 0 bridgehead atoms. The first-order valence-electron chi connectivity index (χ1n) is 9.52. The van der Waals surface area contributed by atoms with Crippen LogP contribution in [0.2, 0.25) is 0 Å². The Balaban J connectivity index is 1.90. The molecule has 2 heterocycles. The molecule has 1 aliphatic heterocycles. The number of carbonyl (C=O) groups is 2. The third kappa shape index (κ3) is 3.37. The topological polar surface area (TPSA) is 80.0 Å². The summed E-state index contributed by atoms with van der Waals surface area (Å²) in [6.07, 6.45) is 1.51. The standard InChI is InChI=1S/C24H21NO5/c1-15-9-11-16(12-10-15)22(26)20-21(18-7-3-4-8-19(18)29-2)25(24(28)23(20)27)14-17-6-5-13-30-17/h3-13,21,26H,14H2,1-2H3/t21-/m0/s1. The van der Waals surface area contributed by atoms with Gasteiger partial charge in [-0.25, -0.2) is 0 Å². The van der Waals surface area contributed by atoms with E-state index in [1.54, 1.807) is 48.5 Å². The van der Waals surface area contributed by atoms with Gasteiger partial charge in [0.1, 0.15) is 17.3 Å². The van der Waals surface area contributed by atoms with Crippen LogP contribution in [0.5, 0.6) is 5.75 Å². The van der Waals surface area contributed by atoms with E-state index in [-0.39, 0.29) is 17.9 Å². The van der Waals surface area contributed by atoms with E-state index in [0.29, 0.717) is 22.6 Å². The molecule has 2 aromatic carbocycles. The zero-order valence-electron chi connectivity index (χ0n) is 16.7. The number of ketones is 1. The van der Waals surface area contributed by atoms with Crippen molar-refractivity contribution < 1.29 is 23.8 Å². The van der Waals surface area contributed by atoms with Gasteiger partial charge in [-0.2, -0.15) is 0 Å². The van der Waals surface area contributed by atoms with E-state index in [1.807, 2.05) is 19.1 Å². The van der Waals surface area contributed by atoms with Crippen molar-refractivity contribution in [3.8, 4) is 5.75 Å². The van der Waals surface area contributed by atoms with Gasteiger partial charge in [0, 0.05) is 11.1 Å². The monoisotopic (exact) mass is 403 g/mol. The normalized spacial score (nSPS) is 18.1. The number of ether oxygens (including phenoxy) is 1. The van der Waals surface area contributed by atoms with E-state index in [0.717, 1.165) is 5.56 Å². The number of rotatable bonds is 5. The highest BCUT2D eigenvalue weighted by Gasteiger charge is 2.47. The quantitative estimate of drug-likeness (QED) is 0.392. The fourth-order valence-corrected chi connectivity index (χ4v) is 3.70. The van der Waals surface area contributed by atoms with E-state index in [2.05, 4.69) is 0 Å². The Morgan fingerprint density at radius 1 is 1.07 bits per heavy atom. The number of hydrogen-bond acceptors (Lipinski definition) is 5. The summed E-state index contributed by atoms with van der Waals surface area (Å²) in [6, 6.07) is 16.9. The number of aliphatic hydroxyl groups is 1. The van der Waals surface area contributed by atoms with Gasteiger partial charge in [-0.15, -0.1) is 0 Å². The number of amides is 1. The van der Waals surface area contributed by atoms with Gasteiger partial charge in [0.05, 0.1) is 31.5 Å². The number of furan rings is 1. The Bertz CT molecular complexity index is 1110. The summed E-state index contributed by atoms with van der Waals surface area (Å²) in [5.74, 6) is -0.603. The molecule has 1 aliphatic rings. The molecule has 152 valence electrons. The number of Topliss-reactive ketones (excluding diaryl/α,β-unsaturated/α-hetero) is 1. The molecule has 1 saturated heterocycles. The summed E-state index contributed by atoms with van der Waals surface area (Å²) in [4.78, 5) is 27.4. The van der Waals surface area contributed by atoms with Crippen molar-refractivity contribution in [2.24, 2.45) is 0 Å². The van der Waals surface area contributed by atoms with Crippen molar-refractivity contribution in [2.75, 3.05) is 7.11 Å². The lowest BCUT2D eigenvalue weighted by molar-refractivity contribution is -0.140. The van der Waals surface area contributed by atoms with Crippen LogP contribution in [-0.2, 0) is 16.1 Å². The zero-order chi connectivity index (χ0) is 21.3. The molecule has 4 rings (SSSR count). The molecule has 0 saturated carbocycles. The second-order valence-corrected chi connectivity index (χ2v) is 7.11. The average molecular weight is 403 g/mol. The molecule has 30 heavy (non-hydrogen) atoms. The van der Waals surface area contributed by atoms with E-state index < -0.39 is 17.7 Å². The number of methoxy groups -OCH3 is 1. The summed E-state index contributed by atoms with van der Waals surface area (Å²) in [7, 11) is 1.53. The first-order valence-corrected chi connectivity index (χ1v) is 9.52. The number of para-hydroxylation sites is 1. The van der Waals surface area contributed by atoms with Crippen LogP contribution >= 0.6 is 0 Å². The van der Waals surface area contributed by atoms with Crippen molar-refractivity contribution >= 4 is 17.4 Å². The second-order valence-electron chi connectivity index (χ2n) is 7.11. The van der Waals surface area contributed by atoms with Crippen LogP contribution in [0.25, 0.3) is 5.76 Å². The molecule has 1 amide bonds. The number of hydrogen-bond donors (Lipinski definition) is 1. The predicted octanol–water partition coefficient (Wildman–Crippen LogP) is 4.22. The van der Waals surface area contributed by atoms with Gasteiger partial charge in [0.25, 0.3) is 11.7 Å². The zero-order valence-corrected chi connectivity index (χ0v) is 16.7. The van der Waals surface area contributed by atoms with Crippen LogP contribution in [0, 0.1) is 6.92 Å². The minimum Gasteiger partial charge on any atom is -0.507 e. The molecule has 1 N–H and O–H groups in total. The van der Waals surface area contributed by atoms with E-state index in [9.17, 15) is 14.7 Å². The first-order chi connectivity index (χ1) is 14.5. The minimum absolute atomic E-state index is 0.0277. The molecule has 0 unspecified atom stereocenters. The smallest absolute Gasteiger partial charge is 0.296 e. The fourth-order valence-electron chi connectivity index (χ4n) is 3.70. The van der Waals surface area contributed by atoms with Crippen LogP contribution in [0.3, 0.4) is 0 Å². The summed E-state index contributed by atoms with van der Waals surface area (Å²) < 4.78 is 10.9. The van der Waals surface area contributed by atoms with E-state index >= 15 is 0 Å². The van der Waals surface area contributed by atoms with E-state index in [4.69, 9.17) is 9.15 Å². The molecule has 1 aromatic heterocycles. The van der Waals surface area contributed by atoms with Crippen LogP contribution in [0.15, 0.2) is 76.9 Å². The fraction of sp³-hybridized carbons (Fsp3) is 0.167. The van der Waals surface area contributed by atoms with Crippen molar-refractivity contribution in [1.82, 2.24) is 4.90 Å². The number of aliphatic hydroxyl groups excluding tert-OH is 1.